The minimum absolute atomic E-state index is 0.533. The summed E-state index contributed by atoms with van der Waals surface area (Å²) < 4.78 is 1.89. The lowest BCUT2D eigenvalue weighted by atomic mass is 10.1. The molecule has 20 heavy (non-hydrogen) atoms. The Morgan fingerprint density at radius 2 is 2.05 bits per heavy atom. The monoisotopic (exact) mass is 267 g/mol. The van der Waals surface area contributed by atoms with Gasteiger partial charge in [0, 0.05) is 11.6 Å². The molecule has 0 amide bonds. The Balaban J connectivity index is 2.01. The van der Waals surface area contributed by atoms with Gasteiger partial charge in [0.2, 0.25) is 0 Å². The van der Waals surface area contributed by atoms with Crippen LogP contribution in [-0.4, -0.2) is 20.0 Å². The number of hydrogen-bond acceptors (Lipinski definition) is 4. The highest BCUT2D eigenvalue weighted by Gasteiger charge is 2.11. The second kappa shape index (κ2) is 5.28. The molecule has 0 radical (unpaired) electrons. The Hall–Kier alpha value is -2.43. The summed E-state index contributed by atoms with van der Waals surface area (Å²) >= 11 is 0. The summed E-state index contributed by atoms with van der Waals surface area (Å²) in [6.45, 7) is 2.79. The zero-order valence-electron chi connectivity index (χ0n) is 11.5. The van der Waals surface area contributed by atoms with Gasteiger partial charge in [0.1, 0.15) is 0 Å². The van der Waals surface area contributed by atoms with Crippen LogP contribution in [0.4, 0.5) is 5.82 Å². The molecule has 0 spiro atoms. The number of benzene rings is 1. The number of aromatic nitrogens is 4. The number of rotatable bonds is 4. The minimum atomic E-state index is 0.533. The van der Waals surface area contributed by atoms with Crippen LogP contribution in [-0.2, 0) is 13.0 Å². The molecule has 2 heterocycles. The Morgan fingerprint density at radius 3 is 2.90 bits per heavy atom. The molecule has 0 saturated heterocycles. The van der Waals surface area contributed by atoms with E-state index < -0.39 is 0 Å². The van der Waals surface area contributed by atoms with Crippen molar-refractivity contribution < 1.29 is 0 Å². The maximum Gasteiger partial charge on any atom is 0.169 e. The molecule has 0 atom stereocenters. The van der Waals surface area contributed by atoms with E-state index in [0.717, 1.165) is 29.4 Å². The molecule has 5 nitrogen and oxygen atoms in total. The molecule has 3 rings (SSSR count). The first-order chi connectivity index (χ1) is 9.79. The Morgan fingerprint density at radius 1 is 1.20 bits per heavy atom. The standard InChI is InChI=1S/C15H17N5/c1-2-5-14-15(16)18-19-20(14)10-11-8-9-17-13-7-4-3-6-12(11)13/h3-4,6-9H,2,5,10,16H2,1H3. The van der Waals surface area contributed by atoms with Gasteiger partial charge in [0.15, 0.2) is 5.82 Å². The van der Waals surface area contributed by atoms with Gasteiger partial charge in [-0.05, 0) is 24.1 Å². The van der Waals surface area contributed by atoms with Crippen LogP contribution in [0.3, 0.4) is 0 Å². The molecule has 0 saturated carbocycles. The quantitative estimate of drug-likeness (QED) is 0.788. The van der Waals surface area contributed by atoms with Crippen LogP contribution in [0.2, 0.25) is 0 Å². The molecule has 0 aliphatic rings. The number of fused-ring (bicyclic) bond motifs is 1. The molecule has 0 unspecified atom stereocenters. The average Bonchev–Trinajstić information content (AvgIpc) is 2.81. The van der Waals surface area contributed by atoms with E-state index in [1.165, 1.54) is 5.56 Å². The number of para-hydroxylation sites is 1. The number of nitrogens with two attached hydrogens (primary N) is 1. The molecule has 0 fully saturated rings. The fourth-order valence-corrected chi connectivity index (χ4v) is 2.42. The molecule has 2 N–H and O–H groups in total. The molecule has 0 bridgehead atoms. The third kappa shape index (κ3) is 2.22. The van der Waals surface area contributed by atoms with E-state index in [2.05, 4.69) is 28.3 Å². The topological polar surface area (TPSA) is 69.6 Å². The van der Waals surface area contributed by atoms with Crippen LogP contribution in [0.1, 0.15) is 24.6 Å². The van der Waals surface area contributed by atoms with Crippen LogP contribution in [0.5, 0.6) is 0 Å². The van der Waals surface area contributed by atoms with Crippen molar-refractivity contribution in [1.82, 2.24) is 20.0 Å². The van der Waals surface area contributed by atoms with Crippen LogP contribution in [0.15, 0.2) is 36.5 Å². The van der Waals surface area contributed by atoms with Crippen molar-refractivity contribution in [3.8, 4) is 0 Å². The summed E-state index contributed by atoms with van der Waals surface area (Å²) in [5.41, 5.74) is 9.07. The highest BCUT2D eigenvalue weighted by molar-refractivity contribution is 5.81. The molecule has 0 aliphatic carbocycles. The fraction of sp³-hybridized carbons (Fsp3) is 0.267. The van der Waals surface area contributed by atoms with Crippen molar-refractivity contribution in [3.63, 3.8) is 0 Å². The summed E-state index contributed by atoms with van der Waals surface area (Å²) in [6, 6.07) is 10.1. The highest BCUT2D eigenvalue weighted by Crippen LogP contribution is 2.19. The van der Waals surface area contributed by atoms with Gasteiger partial charge in [0.05, 0.1) is 17.8 Å². The largest absolute Gasteiger partial charge is 0.381 e. The third-order valence-corrected chi connectivity index (χ3v) is 3.41. The highest BCUT2D eigenvalue weighted by atomic mass is 15.4. The summed E-state index contributed by atoms with van der Waals surface area (Å²) in [5, 5.41) is 9.29. The minimum Gasteiger partial charge on any atom is -0.381 e. The summed E-state index contributed by atoms with van der Waals surface area (Å²) in [4.78, 5) is 4.38. The predicted octanol–water partition coefficient (Wildman–Crippen LogP) is 2.41. The van der Waals surface area contributed by atoms with Crippen molar-refractivity contribution in [3.05, 3.63) is 47.8 Å². The number of nitrogen functional groups attached to an aromatic ring is 1. The normalized spacial score (nSPS) is 11.1. The first kappa shape index (κ1) is 12.6. The Kier molecular flexibility index (Phi) is 3.33. The molecule has 2 aromatic heterocycles. The maximum absolute atomic E-state index is 5.89. The first-order valence-corrected chi connectivity index (χ1v) is 6.80. The zero-order valence-corrected chi connectivity index (χ0v) is 11.5. The van der Waals surface area contributed by atoms with E-state index >= 15 is 0 Å². The van der Waals surface area contributed by atoms with Crippen LogP contribution in [0, 0.1) is 0 Å². The van der Waals surface area contributed by atoms with E-state index in [-0.39, 0.29) is 0 Å². The number of pyridine rings is 1. The lowest BCUT2D eigenvalue weighted by Gasteiger charge is -2.08. The van der Waals surface area contributed by atoms with Crippen LogP contribution in [0.25, 0.3) is 10.9 Å². The van der Waals surface area contributed by atoms with E-state index in [4.69, 9.17) is 5.73 Å². The van der Waals surface area contributed by atoms with Gasteiger partial charge in [-0.25, -0.2) is 4.68 Å². The zero-order chi connectivity index (χ0) is 13.9. The van der Waals surface area contributed by atoms with Gasteiger partial charge in [-0.15, -0.1) is 5.10 Å². The van der Waals surface area contributed by atoms with Gasteiger partial charge in [0.25, 0.3) is 0 Å². The van der Waals surface area contributed by atoms with Crippen LogP contribution < -0.4 is 5.73 Å². The maximum atomic E-state index is 5.89. The second-order valence-corrected chi connectivity index (χ2v) is 4.82. The SMILES string of the molecule is CCCc1c(N)nnn1Cc1ccnc2ccccc12. The van der Waals surface area contributed by atoms with Gasteiger partial charge in [-0.2, -0.15) is 0 Å². The Labute approximate surface area is 117 Å². The predicted molar refractivity (Wildman–Crippen MR) is 79.3 cm³/mol. The average molecular weight is 267 g/mol. The lowest BCUT2D eigenvalue weighted by Crippen LogP contribution is -2.08. The lowest BCUT2D eigenvalue weighted by molar-refractivity contribution is 0.615. The van der Waals surface area contributed by atoms with E-state index in [0.29, 0.717) is 12.4 Å². The van der Waals surface area contributed by atoms with Gasteiger partial charge in [-0.1, -0.05) is 36.8 Å². The van der Waals surface area contributed by atoms with E-state index in [9.17, 15) is 0 Å². The number of anilines is 1. The first-order valence-electron chi connectivity index (χ1n) is 6.80. The van der Waals surface area contributed by atoms with E-state index in [1.807, 2.05) is 35.1 Å². The molecule has 5 heteroatoms. The van der Waals surface area contributed by atoms with Crippen molar-refractivity contribution in [1.29, 1.82) is 0 Å². The van der Waals surface area contributed by atoms with Crippen molar-refractivity contribution in [2.24, 2.45) is 0 Å². The van der Waals surface area contributed by atoms with Crippen molar-refractivity contribution in [2.75, 3.05) is 5.73 Å². The van der Waals surface area contributed by atoms with Gasteiger partial charge < -0.3 is 5.73 Å². The molecule has 1 aromatic carbocycles. The molecule has 0 aliphatic heterocycles. The molecular formula is C15H17N5. The molecule has 3 aromatic rings. The molecule has 102 valence electrons. The Bertz CT molecular complexity index is 727. The number of hydrogen-bond donors (Lipinski definition) is 1. The van der Waals surface area contributed by atoms with Crippen molar-refractivity contribution in [2.45, 2.75) is 26.3 Å². The fourth-order valence-electron chi connectivity index (χ4n) is 2.42. The third-order valence-electron chi connectivity index (χ3n) is 3.41. The van der Waals surface area contributed by atoms with Gasteiger partial charge >= 0.3 is 0 Å². The van der Waals surface area contributed by atoms with Crippen LogP contribution >= 0.6 is 0 Å². The summed E-state index contributed by atoms with van der Waals surface area (Å²) in [5.74, 6) is 0.533. The molecular weight excluding hydrogens is 250 g/mol. The van der Waals surface area contributed by atoms with Crippen molar-refractivity contribution >= 4 is 16.7 Å². The smallest absolute Gasteiger partial charge is 0.169 e. The summed E-state index contributed by atoms with van der Waals surface area (Å²) in [6.07, 6.45) is 3.74. The summed E-state index contributed by atoms with van der Waals surface area (Å²) in [7, 11) is 0. The number of nitrogens with zero attached hydrogens (tertiary/aromatic N) is 4. The van der Waals surface area contributed by atoms with E-state index in [1.54, 1.807) is 0 Å². The second-order valence-electron chi connectivity index (χ2n) is 4.82. The van der Waals surface area contributed by atoms with Gasteiger partial charge in [-0.3, -0.25) is 4.98 Å².